The number of nitrogens with zero attached hydrogens (tertiary/aromatic N) is 4. The molecule has 5 rings (SSSR count). The van der Waals surface area contributed by atoms with Gasteiger partial charge in [-0.2, -0.15) is 0 Å². The van der Waals surface area contributed by atoms with Crippen LogP contribution in [0, 0.1) is 13.8 Å². The lowest BCUT2D eigenvalue weighted by Crippen LogP contribution is -2.55. The van der Waals surface area contributed by atoms with Gasteiger partial charge in [-0.3, -0.25) is 9.59 Å². The fourth-order valence-corrected chi connectivity index (χ4v) is 6.02. The van der Waals surface area contributed by atoms with Crippen LogP contribution >= 0.6 is 23.1 Å². The van der Waals surface area contributed by atoms with Gasteiger partial charge < -0.3 is 19.3 Å². The smallest absolute Gasteiger partial charge is 0.267 e. The molecule has 2 aromatic heterocycles. The molecule has 1 fully saturated rings. The van der Waals surface area contributed by atoms with Gasteiger partial charge >= 0.3 is 0 Å². The third-order valence-corrected chi connectivity index (χ3v) is 8.08. The molecule has 0 aliphatic carbocycles. The minimum Gasteiger partial charge on any atom is -0.485 e. The number of benzene rings is 1. The van der Waals surface area contributed by atoms with Crippen molar-refractivity contribution in [3.63, 3.8) is 0 Å². The first-order valence-electron chi connectivity index (χ1n) is 10.8. The average molecular weight is 485 g/mol. The number of thiophene rings is 1. The first-order valence-corrected chi connectivity index (χ1v) is 12.6. The summed E-state index contributed by atoms with van der Waals surface area (Å²) in [4.78, 5) is 40.2. The standard InChI is InChI=1S/C23H24N4O4S2/c1-14-15(2)33-22-20(14)21(24-13-25-22)32-12-19(28)26-7-9-27(10-8-26)23(29)18-11-30-16-5-3-4-6-17(16)31-18/h3-6,13,18H,7-12H2,1-2H3/t18-/m0/s1. The average Bonchev–Trinajstić information content (AvgIpc) is 3.15. The van der Waals surface area contributed by atoms with Crippen molar-refractivity contribution in [2.75, 3.05) is 38.5 Å². The van der Waals surface area contributed by atoms with Gasteiger partial charge in [0.15, 0.2) is 11.5 Å². The van der Waals surface area contributed by atoms with Crippen molar-refractivity contribution < 1.29 is 19.1 Å². The van der Waals surface area contributed by atoms with Crippen molar-refractivity contribution in [2.24, 2.45) is 0 Å². The van der Waals surface area contributed by atoms with E-state index in [-0.39, 0.29) is 18.4 Å². The van der Waals surface area contributed by atoms with Gasteiger partial charge in [-0.1, -0.05) is 23.9 Å². The lowest BCUT2D eigenvalue weighted by Gasteiger charge is -2.37. The second-order valence-electron chi connectivity index (χ2n) is 8.00. The molecule has 8 nitrogen and oxygen atoms in total. The van der Waals surface area contributed by atoms with E-state index in [0.717, 1.165) is 15.2 Å². The predicted octanol–water partition coefficient (Wildman–Crippen LogP) is 2.91. The number of hydrogen-bond donors (Lipinski definition) is 0. The number of aryl methyl sites for hydroxylation is 2. The van der Waals surface area contributed by atoms with Crippen molar-refractivity contribution in [2.45, 2.75) is 25.0 Å². The molecule has 1 atom stereocenters. The summed E-state index contributed by atoms with van der Waals surface area (Å²) in [6.07, 6.45) is 0.903. The summed E-state index contributed by atoms with van der Waals surface area (Å²) in [6.45, 7) is 6.32. The molecule has 2 amide bonds. The zero-order chi connectivity index (χ0) is 22.9. The number of piperazine rings is 1. The van der Waals surface area contributed by atoms with Crippen LogP contribution in [0.2, 0.25) is 0 Å². The SMILES string of the molecule is Cc1sc2ncnc(SCC(=O)N3CCN(C(=O)[C@@H]4COc5ccccc5O4)CC3)c2c1C. The fraction of sp³-hybridized carbons (Fsp3) is 0.391. The van der Waals surface area contributed by atoms with E-state index in [1.54, 1.807) is 28.6 Å². The largest absolute Gasteiger partial charge is 0.485 e. The van der Waals surface area contributed by atoms with Crippen LogP contribution in [0.1, 0.15) is 10.4 Å². The Balaban J connectivity index is 1.15. The molecule has 0 spiro atoms. The van der Waals surface area contributed by atoms with E-state index in [2.05, 4.69) is 23.8 Å². The summed E-state index contributed by atoms with van der Waals surface area (Å²) in [6, 6.07) is 7.35. The summed E-state index contributed by atoms with van der Waals surface area (Å²) in [7, 11) is 0. The number of aromatic nitrogens is 2. The van der Waals surface area contributed by atoms with Crippen LogP contribution < -0.4 is 9.47 Å². The Labute approximate surface area is 199 Å². The first-order chi connectivity index (χ1) is 16.0. The summed E-state index contributed by atoms with van der Waals surface area (Å²) in [5.41, 5.74) is 1.18. The molecule has 10 heteroatoms. The molecule has 0 radical (unpaired) electrons. The predicted molar refractivity (Wildman–Crippen MR) is 127 cm³/mol. The normalized spacial score (nSPS) is 17.9. The van der Waals surface area contributed by atoms with Crippen LogP contribution in [0.4, 0.5) is 0 Å². The van der Waals surface area contributed by atoms with Gasteiger partial charge in [-0.25, -0.2) is 9.97 Å². The van der Waals surface area contributed by atoms with Crippen LogP contribution in [0.15, 0.2) is 35.6 Å². The summed E-state index contributed by atoms with van der Waals surface area (Å²) in [5.74, 6) is 1.50. The summed E-state index contributed by atoms with van der Waals surface area (Å²) >= 11 is 3.10. The lowest BCUT2D eigenvalue weighted by atomic mass is 10.2. The van der Waals surface area contributed by atoms with Crippen molar-refractivity contribution in [1.82, 2.24) is 19.8 Å². The highest BCUT2D eigenvalue weighted by atomic mass is 32.2. The van der Waals surface area contributed by atoms with Gasteiger partial charge in [0.2, 0.25) is 12.0 Å². The second kappa shape index (κ2) is 9.18. The monoisotopic (exact) mass is 484 g/mol. The molecule has 2 aliphatic heterocycles. The van der Waals surface area contributed by atoms with Gasteiger partial charge in [0.25, 0.3) is 5.91 Å². The molecule has 33 heavy (non-hydrogen) atoms. The van der Waals surface area contributed by atoms with E-state index < -0.39 is 6.10 Å². The number of hydrogen-bond acceptors (Lipinski definition) is 8. The van der Waals surface area contributed by atoms with Crippen LogP contribution in [0.3, 0.4) is 0 Å². The fourth-order valence-electron chi connectivity index (χ4n) is 4.00. The Morgan fingerprint density at radius 2 is 1.82 bits per heavy atom. The van der Waals surface area contributed by atoms with Crippen molar-refractivity contribution in [3.8, 4) is 11.5 Å². The molecule has 4 heterocycles. The number of thioether (sulfide) groups is 1. The minimum absolute atomic E-state index is 0.0506. The van der Waals surface area contributed by atoms with Crippen molar-refractivity contribution >= 4 is 45.1 Å². The van der Waals surface area contributed by atoms with Crippen molar-refractivity contribution in [1.29, 1.82) is 0 Å². The second-order valence-corrected chi connectivity index (χ2v) is 10.2. The third kappa shape index (κ3) is 4.37. The van der Waals surface area contributed by atoms with E-state index in [4.69, 9.17) is 9.47 Å². The molecule has 3 aromatic rings. The van der Waals surface area contributed by atoms with Gasteiger partial charge in [-0.15, -0.1) is 11.3 Å². The molecule has 2 aliphatic rings. The van der Waals surface area contributed by atoms with Gasteiger partial charge in [0.05, 0.1) is 5.75 Å². The van der Waals surface area contributed by atoms with Gasteiger partial charge in [0.1, 0.15) is 22.8 Å². The van der Waals surface area contributed by atoms with E-state index in [1.165, 1.54) is 22.2 Å². The highest BCUT2D eigenvalue weighted by Gasteiger charge is 2.33. The van der Waals surface area contributed by atoms with E-state index in [0.29, 0.717) is 43.4 Å². The highest BCUT2D eigenvalue weighted by molar-refractivity contribution is 8.00. The van der Waals surface area contributed by atoms with E-state index >= 15 is 0 Å². The van der Waals surface area contributed by atoms with Crippen LogP contribution in [0.25, 0.3) is 10.2 Å². The number of fused-ring (bicyclic) bond motifs is 2. The maximum atomic E-state index is 12.9. The molecular formula is C23H24N4O4S2. The Morgan fingerprint density at radius 1 is 1.09 bits per heavy atom. The van der Waals surface area contributed by atoms with Gasteiger partial charge in [-0.05, 0) is 31.5 Å². The number of rotatable bonds is 4. The Bertz CT molecular complexity index is 1210. The number of para-hydroxylation sites is 2. The molecule has 1 saturated heterocycles. The number of ether oxygens (including phenoxy) is 2. The molecule has 0 bridgehead atoms. The summed E-state index contributed by atoms with van der Waals surface area (Å²) in [5, 5.41) is 1.89. The topological polar surface area (TPSA) is 84.9 Å². The Kier molecular flexibility index (Phi) is 6.11. The zero-order valence-corrected chi connectivity index (χ0v) is 20.1. The Morgan fingerprint density at radius 3 is 2.61 bits per heavy atom. The molecule has 172 valence electrons. The van der Waals surface area contributed by atoms with Crippen LogP contribution in [-0.4, -0.2) is 76.2 Å². The lowest BCUT2D eigenvalue weighted by molar-refractivity contribution is -0.145. The van der Waals surface area contributed by atoms with Crippen molar-refractivity contribution in [3.05, 3.63) is 41.0 Å². The number of carbonyl (C=O) groups is 2. The van der Waals surface area contributed by atoms with Crippen LogP contribution in [-0.2, 0) is 9.59 Å². The number of carbonyl (C=O) groups excluding carboxylic acids is 2. The summed E-state index contributed by atoms with van der Waals surface area (Å²) < 4.78 is 11.5. The zero-order valence-electron chi connectivity index (χ0n) is 18.4. The highest BCUT2D eigenvalue weighted by Crippen LogP contribution is 2.34. The maximum Gasteiger partial charge on any atom is 0.267 e. The van der Waals surface area contributed by atoms with Crippen LogP contribution in [0.5, 0.6) is 11.5 Å². The molecule has 1 aromatic carbocycles. The van der Waals surface area contributed by atoms with Gasteiger partial charge in [0, 0.05) is 36.4 Å². The van der Waals surface area contributed by atoms with E-state index in [9.17, 15) is 9.59 Å². The first kappa shape index (κ1) is 22.0. The third-order valence-electron chi connectivity index (χ3n) is 5.99. The molecule has 0 saturated carbocycles. The molecular weight excluding hydrogens is 460 g/mol. The quantitative estimate of drug-likeness (QED) is 0.416. The minimum atomic E-state index is -0.657. The van der Waals surface area contributed by atoms with E-state index in [1.807, 2.05) is 23.1 Å². The Hall–Kier alpha value is -2.85. The molecule has 0 unspecified atom stereocenters. The maximum absolute atomic E-state index is 12.9. The number of amides is 2. The molecule has 0 N–H and O–H groups in total.